The molecule has 2 aliphatic heterocycles. The van der Waals surface area contributed by atoms with Gasteiger partial charge in [0.15, 0.2) is 16.6 Å². The fourth-order valence-electron chi connectivity index (χ4n) is 4.27. The number of Topliss-reactive ketones (excluding diaryl/α,β-unsaturated/α-hetero) is 1. The van der Waals surface area contributed by atoms with Crippen LogP contribution in [0.25, 0.3) is 0 Å². The molecule has 0 N–H and O–H groups in total. The highest BCUT2D eigenvalue weighted by Gasteiger charge is 2.31. The van der Waals surface area contributed by atoms with Crippen molar-refractivity contribution in [2.75, 3.05) is 26.7 Å². The number of nitrogens with zero attached hydrogens (tertiary/aromatic N) is 4. The highest BCUT2D eigenvalue weighted by Crippen LogP contribution is 2.43. The number of thiazole rings is 1. The first kappa shape index (κ1) is 22.3. The molecule has 2 aliphatic rings. The quantitative estimate of drug-likeness (QED) is 0.476. The fraction of sp³-hybridized carbons (Fsp3) is 0.320. The molecule has 3 aromatic rings. The van der Waals surface area contributed by atoms with Gasteiger partial charge >= 0.3 is 0 Å². The molecule has 0 bridgehead atoms. The Kier molecular flexibility index (Phi) is 6.32. The summed E-state index contributed by atoms with van der Waals surface area (Å²) in [5.74, 6) is 0.634. The molecule has 2 aromatic carbocycles. The van der Waals surface area contributed by atoms with Crippen LogP contribution in [-0.4, -0.2) is 59.1 Å². The van der Waals surface area contributed by atoms with Crippen LogP contribution in [-0.2, 0) is 6.42 Å². The second-order valence-electron chi connectivity index (χ2n) is 8.47. The Balaban J connectivity index is 1.44. The number of para-hydroxylation sites is 1. The molecule has 1 saturated heterocycles. The second-order valence-corrected chi connectivity index (χ2v) is 10.8. The minimum Gasteiger partial charge on any atom is -0.352 e. The van der Waals surface area contributed by atoms with E-state index in [0.717, 1.165) is 64.4 Å². The van der Waals surface area contributed by atoms with E-state index in [-0.39, 0.29) is 11.6 Å². The van der Waals surface area contributed by atoms with E-state index in [0.29, 0.717) is 11.0 Å². The third-order valence-electron chi connectivity index (χ3n) is 6.14. The molecular weight excluding hydrogens is 455 g/mol. The predicted molar refractivity (Wildman–Crippen MR) is 132 cm³/mol. The molecule has 1 aromatic heterocycles. The highest BCUT2D eigenvalue weighted by atomic mass is 32.2. The molecular formula is C25H25FN4OS2. The number of likely N-dealkylation sites (N-methyl/N-ethyl adjacent to an activating group) is 1. The highest BCUT2D eigenvalue weighted by molar-refractivity contribution is 8.01. The monoisotopic (exact) mass is 480 g/mol. The molecule has 0 aliphatic carbocycles. The number of piperazine rings is 1. The number of aromatic nitrogens is 1. The standard InChI is InChI=1S/C25H25FN4OS2/c1-16(31)24-28-22-23(27-20-8-3-4-9-21(20)32-25(22)33-24)30-13-12-29(2)19(15-30)11-10-17-6-5-7-18(26)14-17/h3-9,14,19H,10-13,15H2,1-2H3/t19-/m0/s1. The number of aliphatic imine (C=N–C) groups is 1. The van der Waals surface area contributed by atoms with E-state index in [9.17, 15) is 9.18 Å². The minimum absolute atomic E-state index is 0.0207. The summed E-state index contributed by atoms with van der Waals surface area (Å²) in [7, 11) is 2.15. The van der Waals surface area contributed by atoms with Crippen LogP contribution in [0, 0.1) is 5.82 Å². The van der Waals surface area contributed by atoms with Gasteiger partial charge in [0.1, 0.15) is 11.5 Å². The number of hydrogen-bond donors (Lipinski definition) is 0. The van der Waals surface area contributed by atoms with Crippen molar-refractivity contribution in [1.82, 2.24) is 14.8 Å². The van der Waals surface area contributed by atoms with Crippen LogP contribution in [0.15, 0.2) is 62.6 Å². The zero-order chi connectivity index (χ0) is 22.9. The number of rotatable bonds is 4. The molecule has 3 heterocycles. The normalized spacial score (nSPS) is 18.3. The Morgan fingerprint density at radius 2 is 2.03 bits per heavy atom. The zero-order valence-electron chi connectivity index (χ0n) is 18.6. The van der Waals surface area contributed by atoms with Gasteiger partial charge in [-0.15, -0.1) is 11.3 Å². The van der Waals surface area contributed by atoms with Crippen molar-refractivity contribution in [2.45, 2.75) is 34.9 Å². The number of hydrogen-bond acceptors (Lipinski definition) is 7. The van der Waals surface area contributed by atoms with Gasteiger partial charge in [0.25, 0.3) is 0 Å². The minimum atomic E-state index is -0.188. The van der Waals surface area contributed by atoms with Crippen molar-refractivity contribution in [1.29, 1.82) is 0 Å². The molecule has 5 nitrogen and oxygen atoms in total. The lowest BCUT2D eigenvalue weighted by Gasteiger charge is -2.40. The molecule has 0 spiro atoms. The number of carbonyl (C=O) groups excluding carboxylic acids is 1. The molecule has 1 fully saturated rings. The van der Waals surface area contributed by atoms with Crippen LogP contribution in [0.4, 0.5) is 10.1 Å². The van der Waals surface area contributed by atoms with Crippen molar-refractivity contribution >= 4 is 40.4 Å². The molecule has 0 amide bonds. The molecule has 0 radical (unpaired) electrons. The van der Waals surface area contributed by atoms with Gasteiger partial charge in [0.2, 0.25) is 0 Å². The number of aryl methyl sites for hydroxylation is 1. The summed E-state index contributed by atoms with van der Waals surface area (Å²) in [6, 6.07) is 15.3. The van der Waals surface area contributed by atoms with Gasteiger partial charge in [0, 0.05) is 37.5 Å². The summed E-state index contributed by atoms with van der Waals surface area (Å²) in [6.45, 7) is 4.11. The lowest BCUT2D eigenvalue weighted by atomic mass is 10.0. The number of halogens is 1. The summed E-state index contributed by atoms with van der Waals surface area (Å²) in [4.78, 5) is 27.6. The van der Waals surface area contributed by atoms with E-state index >= 15 is 0 Å². The molecule has 0 unspecified atom stereocenters. The van der Waals surface area contributed by atoms with Crippen molar-refractivity contribution in [3.8, 4) is 0 Å². The van der Waals surface area contributed by atoms with E-state index in [1.807, 2.05) is 24.3 Å². The summed E-state index contributed by atoms with van der Waals surface area (Å²) < 4.78 is 14.6. The molecule has 1 atom stereocenters. The molecule has 5 rings (SSSR count). The van der Waals surface area contributed by atoms with Crippen LogP contribution < -0.4 is 0 Å². The first-order chi connectivity index (χ1) is 16.0. The Labute approximate surface area is 201 Å². The van der Waals surface area contributed by atoms with Gasteiger partial charge in [-0.25, -0.2) is 14.4 Å². The topological polar surface area (TPSA) is 48.8 Å². The van der Waals surface area contributed by atoms with E-state index in [4.69, 9.17) is 9.98 Å². The summed E-state index contributed by atoms with van der Waals surface area (Å²) in [5.41, 5.74) is 2.76. The molecule has 170 valence electrons. The lowest BCUT2D eigenvalue weighted by molar-refractivity contribution is 0.101. The smallest absolute Gasteiger partial charge is 0.188 e. The summed E-state index contributed by atoms with van der Waals surface area (Å²) >= 11 is 3.08. The number of benzene rings is 2. The van der Waals surface area contributed by atoms with E-state index in [2.05, 4.69) is 22.9 Å². The fourth-order valence-corrected chi connectivity index (χ4v) is 6.43. The zero-order valence-corrected chi connectivity index (χ0v) is 20.3. The van der Waals surface area contributed by atoms with Crippen LogP contribution in [0.3, 0.4) is 0 Å². The van der Waals surface area contributed by atoms with Crippen LogP contribution in [0.1, 0.15) is 34.4 Å². The lowest BCUT2D eigenvalue weighted by Crippen LogP contribution is -2.53. The van der Waals surface area contributed by atoms with Gasteiger partial charge in [-0.2, -0.15) is 0 Å². The Bertz CT molecular complexity index is 1220. The van der Waals surface area contributed by atoms with Gasteiger partial charge in [-0.3, -0.25) is 9.69 Å². The Hall–Kier alpha value is -2.55. The van der Waals surface area contributed by atoms with Crippen molar-refractivity contribution < 1.29 is 9.18 Å². The van der Waals surface area contributed by atoms with Gasteiger partial charge in [-0.05, 0) is 49.7 Å². The Morgan fingerprint density at radius 3 is 2.85 bits per heavy atom. The van der Waals surface area contributed by atoms with Gasteiger partial charge in [-0.1, -0.05) is 36.0 Å². The molecule has 8 heteroatoms. The molecule has 0 saturated carbocycles. The third-order valence-corrected chi connectivity index (χ3v) is 8.53. The first-order valence-corrected chi connectivity index (χ1v) is 12.7. The number of fused-ring (bicyclic) bond motifs is 2. The van der Waals surface area contributed by atoms with Crippen LogP contribution in [0.5, 0.6) is 0 Å². The third kappa shape index (κ3) is 4.74. The van der Waals surface area contributed by atoms with Crippen molar-refractivity contribution in [3.63, 3.8) is 0 Å². The van der Waals surface area contributed by atoms with Gasteiger partial charge in [0.05, 0.1) is 9.90 Å². The van der Waals surface area contributed by atoms with Gasteiger partial charge < -0.3 is 4.90 Å². The Morgan fingerprint density at radius 1 is 1.18 bits per heavy atom. The maximum absolute atomic E-state index is 13.6. The SMILES string of the molecule is CC(=O)c1nc2c(s1)Sc1ccccc1N=C2N1CCN(C)[C@@H](CCc2cccc(F)c2)C1. The second kappa shape index (κ2) is 9.37. The van der Waals surface area contributed by atoms with Crippen LogP contribution in [0.2, 0.25) is 0 Å². The number of carbonyl (C=O) groups is 1. The number of ketones is 1. The van der Waals surface area contributed by atoms with Crippen LogP contribution >= 0.6 is 23.1 Å². The van der Waals surface area contributed by atoms with Crippen molar-refractivity contribution in [3.05, 3.63) is 70.6 Å². The average Bonchev–Trinajstić information content (AvgIpc) is 3.15. The summed E-state index contributed by atoms with van der Waals surface area (Å²) in [5, 5.41) is 0.524. The van der Waals surface area contributed by atoms with E-state index in [1.54, 1.807) is 30.8 Å². The molecule has 33 heavy (non-hydrogen) atoms. The largest absolute Gasteiger partial charge is 0.352 e. The first-order valence-electron chi connectivity index (χ1n) is 11.1. The van der Waals surface area contributed by atoms with E-state index < -0.39 is 0 Å². The number of amidine groups is 1. The van der Waals surface area contributed by atoms with E-state index in [1.165, 1.54) is 17.4 Å². The summed E-state index contributed by atoms with van der Waals surface area (Å²) in [6.07, 6.45) is 1.75. The maximum Gasteiger partial charge on any atom is 0.188 e. The van der Waals surface area contributed by atoms with Crippen molar-refractivity contribution in [2.24, 2.45) is 4.99 Å². The average molecular weight is 481 g/mol. The maximum atomic E-state index is 13.6. The predicted octanol–water partition coefficient (Wildman–Crippen LogP) is 5.28.